The molecule has 0 unspecified atom stereocenters. The molecule has 1 heterocycles. The van der Waals surface area contributed by atoms with Crippen LogP contribution in [0.2, 0.25) is 0 Å². The molecule has 0 aliphatic heterocycles. The largest absolute Gasteiger partial charge is 0.480 e. The summed E-state index contributed by atoms with van der Waals surface area (Å²) in [5, 5.41) is 0. The summed E-state index contributed by atoms with van der Waals surface area (Å²) >= 11 is 0. The Morgan fingerprint density at radius 1 is 1.46 bits per heavy atom. The second-order valence-corrected chi connectivity index (χ2v) is 3.44. The second kappa shape index (κ2) is 3.64. The van der Waals surface area contributed by atoms with E-state index in [0.717, 1.165) is 11.3 Å². The van der Waals surface area contributed by atoms with Crippen molar-refractivity contribution in [2.75, 3.05) is 12.8 Å². The number of hydrogen-bond acceptors (Lipinski definition) is 3. The van der Waals surface area contributed by atoms with E-state index < -0.39 is 0 Å². The molecule has 0 saturated heterocycles. The minimum absolute atomic E-state index is 0.398. The van der Waals surface area contributed by atoms with Crippen LogP contribution in [0.25, 0.3) is 0 Å². The molecule has 0 saturated carbocycles. The molecule has 3 nitrogen and oxygen atoms in total. The van der Waals surface area contributed by atoms with Crippen molar-refractivity contribution in [1.29, 1.82) is 0 Å². The summed E-state index contributed by atoms with van der Waals surface area (Å²) in [5.74, 6) is 0.920. The van der Waals surface area contributed by atoms with E-state index in [1.54, 1.807) is 7.11 Å². The van der Waals surface area contributed by atoms with Gasteiger partial charge >= 0.3 is 0 Å². The fourth-order valence-electron chi connectivity index (χ4n) is 1.38. The van der Waals surface area contributed by atoms with Gasteiger partial charge in [0.15, 0.2) is 0 Å². The molecule has 1 rings (SSSR count). The van der Waals surface area contributed by atoms with Crippen LogP contribution in [-0.2, 0) is 0 Å². The van der Waals surface area contributed by atoms with Crippen molar-refractivity contribution < 1.29 is 4.74 Å². The zero-order valence-electron chi connectivity index (χ0n) is 8.59. The average molecular weight is 180 g/mol. The van der Waals surface area contributed by atoms with E-state index in [9.17, 15) is 0 Å². The highest BCUT2D eigenvalue weighted by Crippen LogP contribution is 2.25. The van der Waals surface area contributed by atoms with Gasteiger partial charge < -0.3 is 10.5 Å². The van der Waals surface area contributed by atoms with Gasteiger partial charge in [-0.25, -0.2) is 4.98 Å². The number of hydrogen-bond donors (Lipinski definition) is 1. The number of pyridine rings is 1. The molecule has 0 atom stereocenters. The lowest BCUT2D eigenvalue weighted by Gasteiger charge is -2.11. The minimum atomic E-state index is 0.398. The number of rotatable bonds is 2. The van der Waals surface area contributed by atoms with Crippen LogP contribution < -0.4 is 10.5 Å². The van der Waals surface area contributed by atoms with E-state index in [-0.39, 0.29) is 0 Å². The minimum Gasteiger partial charge on any atom is -0.480 e. The van der Waals surface area contributed by atoms with Crippen LogP contribution >= 0.6 is 0 Å². The number of aryl methyl sites for hydroxylation is 1. The predicted octanol–water partition coefficient (Wildman–Crippen LogP) is 2.10. The average Bonchev–Trinajstić information content (AvgIpc) is 2.03. The Morgan fingerprint density at radius 2 is 2.08 bits per heavy atom. The molecule has 0 amide bonds. The van der Waals surface area contributed by atoms with Crippen molar-refractivity contribution in [3.05, 3.63) is 17.3 Å². The smallest absolute Gasteiger partial charge is 0.237 e. The lowest BCUT2D eigenvalue weighted by Crippen LogP contribution is -2.02. The number of ether oxygens (including phenoxy) is 1. The quantitative estimate of drug-likeness (QED) is 0.758. The van der Waals surface area contributed by atoms with Gasteiger partial charge in [0.1, 0.15) is 0 Å². The number of nitrogens with two attached hydrogens (primary N) is 1. The van der Waals surface area contributed by atoms with Crippen LogP contribution in [0.4, 0.5) is 5.69 Å². The van der Waals surface area contributed by atoms with Gasteiger partial charge in [-0.05, 0) is 24.5 Å². The summed E-state index contributed by atoms with van der Waals surface area (Å²) in [6.45, 7) is 6.22. The first-order valence-electron chi connectivity index (χ1n) is 4.37. The van der Waals surface area contributed by atoms with Crippen LogP contribution in [0.15, 0.2) is 6.07 Å². The van der Waals surface area contributed by atoms with Crippen LogP contribution in [-0.4, -0.2) is 12.1 Å². The molecule has 0 aliphatic carbocycles. The molecule has 0 bridgehead atoms. The highest BCUT2D eigenvalue weighted by Gasteiger charge is 2.09. The highest BCUT2D eigenvalue weighted by molar-refractivity contribution is 5.51. The predicted molar refractivity (Wildman–Crippen MR) is 54.0 cm³/mol. The summed E-state index contributed by atoms with van der Waals surface area (Å²) in [4.78, 5) is 4.34. The van der Waals surface area contributed by atoms with Gasteiger partial charge in [0.25, 0.3) is 0 Å². The maximum Gasteiger partial charge on any atom is 0.237 e. The monoisotopic (exact) mass is 180 g/mol. The summed E-state index contributed by atoms with van der Waals surface area (Å²) in [5.41, 5.74) is 8.48. The number of anilines is 1. The zero-order chi connectivity index (χ0) is 10.0. The lowest BCUT2D eigenvalue weighted by atomic mass is 10.0. The molecule has 72 valence electrons. The standard InChI is InChI=1S/C10H16N2O/c1-6(2)9-7(3)5-8(11)10(12-9)13-4/h5-6H,11H2,1-4H3. The highest BCUT2D eigenvalue weighted by atomic mass is 16.5. The molecule has 3 heteroatoms. The van der Waals surface area contributed by atoms with Crippen LogP contribution in [0, 0.1) is 6.92 Å². The number of nitrogen functional groups attached to an aromatic ring is 1. The first kappa shape index (κ1) is 9.84. The molecular formula is C10H16N2O. The van der Waals surface area contributed by atoms with E-state index in [2.05, 4.69) is 18.8 Å². The van der Waals surface area contributed by atoms with Crippen molar-refractivity contribution in [3.8, 4) is 5.88 Å². The molecular weight excluding hydrogens is 164 g/mol. The van der Waals surface area contributed by atoms with Gasteiger partial charge in [-0.3, -0.25) is 0 Å². The Bertz CT molecular complexity index is 308. The van der Waals surface area contributed by atoms with Gasteiger partial charge in [0.05, 0.1) is 18.5 Å². The van der Waals surface area contributed by atoms with E-state index in [1.165, 1.54) is 0 Å². The van der Waals surface area contributed by atoms with E-state index in [4.69, 9.17) is 10.5 Å². The Balaban J connectivity index is 3.22. The van der Waals surface area contributed by atoms with Crippen LogP contribution in [0.1, 0.15) is 31.0 Å². The SMILES string of the molecule is COc1nc(C(C)C)c(C)cc1N. The van der Waals surface area contributed by atoms with Crippen molar-refractivity contribution in [2.45, 2.75) is 26.7 Å². The maximum atomic E-state index is 5.71. The van der Waals surface area contributed by atoms with Crippen molar-refractivity contribution in [1.82, 2.24) is 4.98 Å². The molecule has 2 N–H and O–H groups in total. The zero-order valence-corrected chi connectivity index (χ0v) is 8.59. The third-order valence-corrected chi connectivity index (χ3v) is 1.99. The third-order valence-electron chi connectivity index (χ3n) is 1.99. The molecule has 1 aromatic rings. The molecule has 0 aromatic carbocycles. The lowest BCUT2D eigenvalue weighted by molar-refractivity contribution is 0.397. The fourth-order valence-corrected chi connectivity index (χ4v) is 1.38. The first-order valence-corrected chi connectivity index (χ1v) is 4.37. The number of methoxy groups -OCH3 is 1. The Kier molecular flexibility index (Phi) is 2.76. The maximum absolute atomic E-state index is 5.71. The van der Waals surface area contributed by atoms with Crippen molar-refractivity contribution >= 4 is 5.69 Å². The van der Waals surface area contributed by atoms with Crippen molar-refractivity contribution in [3.63, 3.8) is 0 Å². The first-order chi connectivity index (χ1) is 6.06. The Morgan fingerprint density at radius 3 is 2.54 bits per heavy atom. The molecule has 0 radical (unpaired) electrons. The van der Waals surface area contributed by atoms with E-state index >= 15 is 0 Å². The van der Waals surface area contributed by atoms with Gasteiger partial charge in [0.2, 0.25) is 5.88 Å². The summed E-state index contributed by atoms with van der Waals surface area (Å²) < 4.78 is 5.05. The fraction of sp³-hybridized carbons (Fsp3) is 0.500. The van der Waals surface area contributed by atoms with Gasteiger partial charge in [0, 0.05) is 0 Å². The van der Waals surface area contributed by atoms with E-state index in [0.29, 0.717) is 17.5 Å². The van der Waals surface area contributed by atoms with Crippen LogP contribution in [0.5, 0.6) is 5.88 Å². The molecule has 0 fully saturated rings. The summed E-state index contributed by atoms with van der Waals surface area (Å²) in [7, 11) is 1.58. The second-order valence-electron chi connectivity index (χ2n) is 3.44. The summed E-state index contributed by atoms with van der Waals surface area (Å²) in [6.07, 6.45) is 0. The number of nitrogens with zero attached hydrogens (tertiary/aromatic N) is 1. The van der Waals surface area contributed by atoms with Crippen molar-refractivity contribution in [2.24, 2.45) is 0 Å². The van der Waals surface area contributed by atoms with Gasteiger partial charge in [-0.1, -0.05) is 13.8 Å². The van der Waals surface area contributed by atoms with Crippen LogP contribution in [0.3, 0.4) is 0 Å². The van der Waals surface area contributed by atoms with Gasteiger partial charge in [-0.15, -0.1) is 0 Å². The normalized spacial score (nSPS) is 10.5. The molecule has 0 aliphatic rings. The molecule has 13 heavy (non-hydrogen) atoms. The third kappa shape index (κ3) is 1.91. The topological polar surface area (TPSA) is 48.1 Å². The van der Waals surface area contributed by atoms with Gasteiger partial charge in [-0.2, -0.15) is 0 Å². The number of aromatic nitrogens is 1. The van der Waals surface area contributed by atoms with E-state index in [1.807, 2.05) is 13.0 Å². The Hall–Kier alpha value is -1.25. The molecule has 0 spiro atoms. The Labute approximate surface area is 78.9 Å². The molecule has 1 aromatic heterocycles. The summed E-state index contributed by atoms with van der Waals surface area (Å²) in [6, 6.07) is 1.90.